The van der Waals surface area contributed by atoms with Crippen LogP contribution in [0.1, 0.15) is 26.2 Å². The molecule has 0 aliphatic rings. The van der Waals surface area contributed by atoms with E-state index < -0.39 is 0 Å². The van der Waals surface area contributed by atoms with Gasteiger partial charge in [-0.05, 0) is 18.6 Å². The van der Waals surface area contributed by atoms with Gasteiger partial charge in [-0.1, -0.05) is 31.5 Å². The van der Waals surface area contributed by atoms with Crippen LogP contribution in [0.3, 0.4) is 0 Å². The van der Waals surface area contributed by atoms with E-state index in [1.165, 1.54) is 0 Å². The van der Waals surface area contributed by atoms with Crippen molar-refractivity contribution in [3.8, 4) is 0 Å². The largest absolute Gasteiger partial charge is 0.388 e. The van der Waals surface area contributed by atoms with Gasteiger partial charge in [0.2, 0.25) is 0 Å². The molecule has 0 spiro atoms. The first-order chi connectivity index (χ1) is 9.24. The van der Waals surface area contributed by atoms with Gasteiger partial charge >= 0.3 is 0 Å². The van der Waals surface area contributed by atoms with Crippen LogP contribution in [0.2, 0.25) is 0 Å². The van der Waals surface area contributed by atoms with Crippen molar-refractivity contribution >= 4 is 11.5 Å². The average molecular weight is 263 g/mol. The maximum atomic E-state index is 7.34. The molecule has 0 saturated carbocycles. The van der Waals surface area contributed by atoms with Gasteiger partial charge in [0.15, 0.2) is 0 Å². The number of nitrogens with one attached hydrogen (secondary N) is 1. The van der Waals surface area contributed by atoms with Crippen LogP contribution < -0.4 is 10.6 Å². The first-order valence-corrected chi connectivity index (χ1v) is 6.94. The van der Waals surface area contributed by atoms with Gasteiger partial charge in [0.05, 0.1) is 12.4 Å². The van der Waals surface area contributed by atoms with Gasteiger partial charge in [-0.3, -0.25) is 5.41 Å². The zero-order valence-electron chi connectivity index (χ0n) is 11.8. The summed E-state index contributed by atoms with van der Waals surface area (Å²) in [4.78, 5) is 2.22. The fraction of sp³-hybridized carbons (Fsp3) is 0.533. The lowest BCUT2D eigenvalue weighted by molar-refractivity contribution is 0.137. The average Bonchev–Trinajstić information content (AvgIpc) is 2.42. The molecule has 19 heavy (non-hydrogen) atoms. The number of nitrogens with zero attached hydrogens (tertiary/aromatic N) is 1. The van der Waals surface area contributed by atoms with Gasteiger partial charge in [-0.15, -0.1) is 0 Å². The normalized spacial score (nSPS) is 10.4. The van der Waals surface area contributed by atoms with E-state index in [0.717, 1.165) is 38.2 Å². The van der Waals surface area contributed by atoms with Crippen molar-refractivity contribution in [2.75, 3.05) is 31.2 Å². The molecule has 0 atom stereocenters. The number of unbranched alkanes of at least 4 members (excludes halogenated alkanes) is 1. The van der Waals surface area contributed by atoms with Crippen molar-refractivity contribution < 1.29 is 4.74 Å². The molecule has 0 fully saturated rings. The van der Waals surface area contributed by atoms with E-state index in [1.807, 2.05) is 18.2 Å². The summed E-state index contributed by atoms with van der Waals surface area (Å²) < 4.78 is 5.61. The highest BCUT2D eigenvalue weighted by molar-refractivity contribution is 5.77. The Kier molecular flexibility index (Phi) is 7.66. The molecule has 3 N–H and O–H groups in total. The summed E-state index contributed by atoms with van der Waals surface area (Å²) in [6.45, 7) is 5.29. The van der Waals surface area contributed by atoms with E-state index in [0.29, 0.717) is 13.0 Å². The monoisotopic (exact) mass is 263 g/mol. The first kappa shape index (κ1) is 15.5. The molecular formula is C15H25N3O. The number of ether oxygens (including phenoxy) is 1. The van der Waals surface area contributed by atoms with Crippen LogP contribution in [0.15, 0.2) is 30.3 Å². The predicted molar refractivity (Wildman–Crippen MR) is 80.9 cm³/mol. The zero-order valence-corrected chi connectivity index (χ0v) is 11.8. The quantitative estimate of drug-likeness (QED) is 0.387. The lowest BCUT2D eigenvalue weighted by atomic mass is 10.2. The molecule has 0 amide bonds. The third kappa shape index (κ3) is 6.82. The Hall–Kier alpha value is -1.55. The fourth-order valence-electron chi connectivity index (χ4n) is 1.79. The van der Waals surface area contributed by atoms with E-state index in [9.17, 15) is 0 Å². The minimum absolute atomic E-state index is 0.229. The number of para-hydroxylation sites is 1. The summed E-state index contributed by atoms with van der Waals surface area (Å²) in [6, 6.07) is 10.2. The number of amidine groups is 1. The Balaban J connectivity index is 2.43. The van der Waals surface area contributed by atoms with E-state index >= 15 is 0 Å². The molecule has 0 heterocycles. The molecule has 1 rings (SSSR count). The van der Waals surface area contributed by atoms with Gasteiger partial charge in [0.25, 0.3) is 0 Å². The Bertz CT molecular complexity index is 354. The standard InChI is InChI=1S/C15H25N3O/c1-2-3-12-19-13-11-18(10-9-15(16)17)14-7-5-4-6-8-14/h4-8H,2-3,9-13H2,1H3,(H3,16,17). The van der Waals surface area contributed by atoms with Crippen molar-refractivity contribution in [2.45, 2.75) is 26.2 Å². The summed E-state index contributed by atoms with van der Waals surface area (Å²) in [5, 5.41) is 7.34. The topological polar surface area (TPSA) is 62.3 Å². The zero-order chi connectivity index (χ0) is 13.9. The van der Waals surface area contributed by atoms with Crippen molar-refractivity contribution in [1.82, 2.24) is 0 Å². The number of rotatable bonds is 10. The van der Waals surface area contributed by atoms with Gasteiger partial charge in [0, 0.05) is 31.8 Å². The second-order valence-corrected chi connectivity index (χ2v) is 4.56. The van der Waals surface area contributed by atoms with Crippen molar-refractivity contribution in [2.24, 2.45) is 5.73 Å². The molecule has 0 aromatic heterocycles. The van der Waals surface area contributed by atoms with Crippen LogP contribution in [0.5, 0.6) is 0 Å². The molecule has 0 radical (unpaired) electrons. The molecule has 4 heteroatoms. The summed E-state index contributed by atoms with van der Waals surface area (Å²) in [7, 11) is 0. The van der Waals surface area contributed by atoms with Gasteiger partial charge in [-0.25, -0.2) is 0 Å². The summed E-state index contributed by atoms with van der Waals surface area (Å²) in [5.74, 6) is 0.229. The van der Waals surface area contributed by atoms with Gasteiger partial charge < -0.3 is 15.4 Å². The Morgan fingerprint density at radius 1 is 1.21 bits per heavy atom. The van der Waals surface area contributed by atoms with Crippen molar-refractivity contribution in [1.29, 1.82) is 5.41 Å². The molecular weight excluding hydrogens is 238 g/mol. The molecule has 106 valence electrons. The van der Waals surface area contributed by atoms with E-state index in [4.69, 9.17) is 15.9 Å². The van der Waals surface area contributed by atoms with Gasteiger partial charge in [-0.2, -0.15) is 0 Å². The van der Waals surface area contributed by atoms with E-state index in [2.05, 4.69) is 24.0 Å². The number of anilines is 1. The maximum absolute atomic E-state index is 7.34. The van der Waals surface area contributed by atoms with Crippen molar-refractivity contribution in [3.63, 3.8) is 0 Å². The number of benzene rings is 1. The van der Waals surface area contributed by atoms with Crippen LogP contribution >= 0.6 is 0 Å². The van der Waals surface area contributed by atoms with Crippen LogP contribution in [0.4, 0.5) is 5.69 Å². The highest BCUT2D eigenvalue weighted by Gasteiger charge is 2.06. The smallest absolute Gasteiger partial charge is 0.0923 e. The lowest BCUT2D eigenvalue weighted by Gasteiger charge is -2.24. The summed E-state index contributed by atoms with van der Waals surface area (Å²) in [6.07, 6.45) is 2.86. The van der Waals surface area contributed by atoms with E-state index in [-0.39, 0.29) is 5.84 Å². The van der Waals surface area contributed by atoms with Crippen LogP contribution in [-0.2, 0) is 4.74 Å². The minimum Gasteiger partial charge on any atom is -0.388 e. The predicted octanol–water partition coefficient (Wildman–Crippen LogP) is 2.64. The van der Waals surface area contributed by atoms with Crippen LogP contribution in [0.25, 0.3) is 0 Å². The molecule has 1 aromatic carbocycles. The van der Waals surface area contributed by atoms with E-state index in [1.54, 1.807) is 0 Å². The number of hydrogen-bond acceptors (Lipinski definition) is 3. The summed E-state index contributed by atoms with van der Waals surface area (Å²) in [5.41, 5.74) is 6.59. The Labute approximate surface area is 116 Å². The minimum atomic E-state index is 0.229. The molecule has 0 unspecified atom stereocenters. The first-order valence-electron chi connectivity index (χ1n) is 6.94. The molecule has 0 aliphatic carbocycles. The highest BCUT2D eigenvalue weighted by atomic mass is 16.5. The summed E-state index contributed by atoms with van der Waals surface area (Å²) >= 11 is 0. The molecule has 1 aromatic rings. The molecule has 0 aliphatic heterocycles. The second-order valence-electron chi connectivity index (χ2n) is 4.56. The lowest BCUT2D eigenvalue weighted by Crippen LogP contribution is -2.31. The Morgan fingerprint density at radius 3 is 2.58 bits per heavy atom. The molecule has 0 saturated heterocycles. The SMILES string of the molecule is CCCCOCCN(CCC(=N)N)c1ccccc1. The second kappa shape index (κ2) is 9.39. The Morgan fingerprint density at radius 2 is 1.95 bits per heavy atom. The number of nitrogens with two attached hydrogens (primary N) is 1. The van der Waals surface area contributed by atoms with Crippen LogP contribution in [-0.4, -0.2) is 32.1 Å². The molecule has 4 nitrogen and oxygen atoms in total. The number of hydrogen-bond donors (Lipinski definition) is 2. The maximum Gasteiger partial charge on any atom is 0.0923 e. The fourth-order valence-corrected chi connectivity index (χ4v) is 1.79. The third-order valence-corrected chi connectivity index (χ3v) is 2.92. The van der Waals surface area contributed by atoms with Crippen LogP contribution in [0, 0.1) is 5.41 Å². The van der Waals surface area contributed by atoms with Gasteiger partial charge in [0.1, 0.15) is 0 Å². The molecule has 0 bridgehead atoms. The highest BCUT2D eigenvalue weighted by Crippen LogP contribution is 2.13. The van der Waals surface area contributed by atoms with Crippen molar-refractivity contribution in [3.05, 3.63) is 30.3 Å². The third-order valence-electron chi connectivity index (χ3n) is 2.92.